The summed E-state index contributed by atoms with van der Waals surface area (Å²) in [6.45, 7) is 3.31. The van der Waals surface area contributed by atoms with Crippen molar-refractivity contribution in [2.24, 2.45) is 22.6 Å². The van der Waals surface area contributed by atoms with Crippen LogP contribution < -0.4 is 11.1 Å². The van der Waals surface area contributed by atoms with Gasteiger partial charge in [0.25, 0.3) is 5.91 Å². The van der Waals surface area contributed by atoms with Crippen molar-refractivity contribution in [1.29, 1.82) is 0 Å². The van der Waals surface area contributed by atoms with Gasteiger partial charge >= 0.3 is 0 Å². The first-order valence-corrected chi connectivity index (χ1v) is 11.4. The van der Waals surface area contributed by atoms with Gasteiger partial charge in [0, 0.05) is 13.1 Å². The minimum atomic E-state index is -0.590. The molecule has 0 radical (unpaired) electrons. The highest BCUT2D eigenvalue weighted by Gasteiger charge is 2.47. The normalized spacial score (nSPS) is 32.7. The Morgan fingerprint density at radius 1 is 1.15 bits per heavy atom. The summed E-state index contributed by atoms with van der Waals surface area (Å²) < 4.78 is 0. The second kappa shape index (κ2) is 9.40. The summed E-state index contributed by atoms with van der Waals surface area (Å²) in [5.74, 6) is 1.90. The van der Waals surface area contributed by atoms with Crippen LogP contribution >= 0.6 is 0 Å². The summed E-state index contributed by atoms with van der Waals surface area (Å²) in [7, 11) is 1.79. The van der Waals surface area contributed by atoms with Crippen LogP contribution in [-0.4, -0.2) is 41.9 Å². The third-order valence-corrected chi connectivity index (χ3v) is 7.16. The Morgan fingerprint density at radius 3 is 2.56 bits per heavy atom. The van der Waals surface area contributed by atoms with Gasteiger partial charge < -0.3 is 11.1 Å². The van der Waals surface area contributed by atoms with E-state index in [1.807, 2.05) is 0 Å². The molecule has 5 heteroatoms. The fourth-order valence-corrected chi connectivity index (χ4v) is 5.56. The zero-order valence-electron chi connectivity index (χ0n) is 17.5. The second-order valence-corrected chi connectivity index (χ2v) is 9.30. The molecule has 2 saturated carbocycles. The first-order chi connectivity index (χ1) is 13.0. The average Bonchev–Trinajstić information content (AvgIpc) is 2.90. The number of carbonyl (C=O) groups is 1. The van der Waals surface area contributed by atoms with Gasteiger partial charge in [-0.1, -0.05) is 51.9 Å². The van der Waals surface area contributed by atoms with E-state index in [1.165, 1.54) is 64.2 Å². The van der Waals surface area contributed by atoms with Crippen molar-refractivity contribution in [1.82, 2.24) is 10.2 Å². The molecule has 0 unspecified atom stereocenters. The monoisotopic (exact) mass is 376 g/mol. The number of hydrogen-bond donors (Lipinski definition) is 2. The van der Waals surface area contributed by atoms with E-state index in [1.54, 1.807) is 11.9 Å². The molecule has 1 heterocycles. The molecule has 3 N–H and O–H groups in total. The highest BCUT2D eigenvalue weighted by molar-refractivity contribution is 6.06. The van der Waals surface area contributed by atoms with Crippen molar-refractivity contribution in [3.8, 4) is 0 Å². The van der Waals surface area contributed by atoms with Gasteiger partial charge in [-0.2, -0.15) is 0 Å². The van der Waals surface area contributed by atoms with Crippen LogP contribution in [0.3, 0.4) is 0 Å². The smallest absolute Gasteiger partial charge is 0.257 e. The quantitative estimate of drug-likeness (QED) is 0.676. The van der Waals surface area contributed by atoms with Crippen molar-refractivity contribution in [3.05, 3.63) is 0 Å². The molecule has 2 fully saturated rings. The lowest BCUT2D eigenvalue weighted by Gasteiger charge is -2.35. The standard InChI is InChI=1S/C22H40N4O/c1-3-14-24-19-11-7-10-18(15-19)16-22(20(27)26(2)21(23)25-22)13-12-17-8-5-4-6-9-17/h17-19,24H,3-16H2,1-2H3,(H2,23,25)/t18-,19+,22+/m0/s1. The molecule has 154 valence electrons. The SMILES string of the molecule is CCCN[C@@H]1CCC[C@H](C[C@@]2(CCC3CCCCC3)N=C(N)N(C)C2=O)C1. The molecule has 5 nitrogen and oxygen atoms in total. The molecular formula is C22H40N4O. The molecule has 3 aliphatic rings. The number of aliphatic imine (C=N–C) groups is 1. The van der Waals surface area contributed by atoms with E-state index in [0.717, 1.165) is 31.7 Å². The highest BCUT2D eigenvalue weighted by atomic mass is 16.2. The van der Waals surface area contributed by atoms with Gasteiger partial charge in [0.15, 0.2) is 5.96 Å². The van der Waals surface area contributed by atoms with Gasteiger partial charge in [-0.25, -0.2) is 4.99 Å². The fourth-order valence-electron chi connectivity index (χ4n) is 5.56. The maximum absolute atomic E-state index is 13.2. The molecule has 0 saturated heterocycles. The fraction of sp³-hybridized carbons (Fsp3) is 0.909. The highest BCUT2D eigenvalue weighted by Crippen LogP contribution is 2.40. The maximum atomic E-state index is 13.2. The lowest BCUT2D eigenvalue weighted by Crippen LogP contribution is -2.45. The summed E-state index contributed by atoms with van der Waals surface area (Å²) in [6.07, 6.45) is 15.7. The molecule has 3 rings (SSSR count). The number of nitrogens with one attached hydrogen (secondary N) is 1. The Labute approximate surface area is 165 Å². The second-order valence-electron chi connectivity index (χ2n) is 9.30. The number of likely N-dealkylation sites (N-methyl/N-ethyl adjacent to an activating group) is 1. The van der Waals surface area contributed by atoms with Gasteiger partial charge in [-0.3, -0.25) is 9.69 Å². The molecule has 27 heavy (non-hydrogen) atoms. The van der Waals surface area contributed by atoms with E-state index in [4.69, 9.17) is 10.7 Å². The van der Waals surface area contributed by atoms with Crippen molar-refractivity contribution in [3.63, 3.8) is 0 Å². The predicted molar refractivity (Wildman–Crippen MR) is 112 cm³/mol. The van der Waals surface area contributed by atoms with Gasteiger partial charge in [-0.05, 0) is 56.9 Å². The first-order valence-electron chi connectivity index (χ1n) is 11.4. The van der Waals surface area contributed by atoms with Gasteiger partial charge in [0.05, 0.1) is 0 Å². The number of hydrogen-bond acceptors (Lipinski definition) is 4. The van der Waals surface area contributed by atoms with Crippen LogP contribution in [0.25, 0.3) is 0 Å². The Kier molecular flexibility index (Phi) is 7.18. The predicted octanol–water partition coefficient (Wildman–Crippen LogP) is 3.82. The summed E-state index contributed by atoms with van der Waals surface area (Å²) in [5.41, 5.74) is 5.50. The Morgan fingerprint density at radius 2 is 1.89 bits per heavy atom. The lowest BCUT2D eigenvalue weighted by molar-refractivity contribution is -0.131. The van der Waals surface area contributed by atoms with Crippen molar-refractivity contribution >= 4 is 11.9 Å². The topological polar surface area (TPSA) is 70.7 Å². The third-order valence-electron chi connectivity index (χ3n) is 7.16. The molecule has 0 bridgehead atoms. The van der Waals surface area contributed by atoms with Crippen molar-refractivity contribution in [2.75, 3.05) is 13.6 Å². The Bertz CT molecular complexity index is 528. The van der Waals surface area contributed by atoms with E-state index >= 15 is 0 Å². The molecule has 2 aliphatic carbocycles. The molecule has 3 atom stereocenters. The van der Waals surface area contributed by atoms with Crippen LogP contribution in [0.2, 0.25) is 0 Å². The molecular weight excluding hydrogens is 336 g/mol. The zero-order chi connectivity index (χ0) is 19.3. The number of amides is 1. The Balaban J connectivity index is 1.66. The third kappa shape index (κ3) is 5.04. The minimum absolute atomic E-state index is 0.138. The molecule has 0 aromatic heterocycles. The Hall–Kier alpha value is -1.10. The first kappa shape index (κ1) is 20.6. The number of nitrogens with two attached hydrogens (primary N) is 1. The summed E-state index contributed by atoms with van der Waals surface area (Å²) in [6, 6.07) is 0.606. The zero-order valence-corrected chi connectivity index (χ0v) is 17.5. The number of nitrogens with zero attached hydrogens (tertiary/aromatic N) is 2. The summed E-state index contributed by atoms with van der Waals surface area (Å²) in [4.78, 5) is 19.5. The van der Waals surface area contributed by atoms with Crippen LogP contribution in [0.4, 0.5) is 0 Å². The van der Waals surface area contributed by atoms with E-state index in [0.29, 0.717) is 17.9 Å². The lowest BCUT2D eigenvalue weighted by atomic mass is 9.74. The largest absolute Gasteiger partial charge is 0.369 e. The van der Waals surface area contributed by atoms with Crippen molar-refractivity contribution < 1.29 is 4.79 Å². The average molecular weight is 377 g/mol. The number of rotatable bonds is 8. The van der Waals surface area contributed by atoms with E-state index < -0.39 is 5.54 Å². The number of carbonyl (C=O) groups excluding carboxylic acids is 1. The molecule has 0 aromatic rings. The minimum Gasteiger partial charge on any atom is -0.369 e. The van der Waals surface area contributed by atoms with Gasteiger partial charge in [0.1, 0.15) is 5.54 Å². The van der Waals surface area contributed by atoms with E-state index in [-0.39, 0.29) is 5.91 Å². The van der Waals surface area contributed by atoms with Crippen molar-refractivity contribution in [2.45, 2.75) is 102 Å². The maximum Gasteiger partial charge on any atom is 0.257 e. The van der Waals surface area contributed by atoms with Crippen LogP contribution in [0.1, 0.15) is 90.4 Å². The molecule has 1 amide bonds. The molecule has 1 aliphatic heterocycles. The van der Waals surface area contributed by atoms with Gasteiger partial charge in [-0.15, -0.1) is 0 Å². The molecule has 0 aromatic carbocycles. The van der Waals surface area contributed by atoms with E-state index in [9.17, 15) is 4.79 Å². The molecule has 0 spiro atoms. The van der Waals surface area contributed by atoms with Gasteiger partial charge in [0.2, 0.25) is 0 Å². The van der Waals surface area contributed by atoms with E-state index in [2.05, 4.69) is 12.2 Å². The van der Waals surface area contributed by atoms with Crippen LogP contribution in [-0.2, 0) is 4.79 Å². The summed E-state index contributed by atoms with van der Waals surface area (Å²) >= 11 is 0. The van der Waals surface area contributed by atoms with Crippen LogP contribution in [0.15, 0.2) is 4.99 Å². The number of guanidine groups is 1. The van der Waals surface area contributed by atoms with Crippen LogP contribution in [0, 0.1) is 11.8 Å². The van der Waals surface area contributed by atoms with Crippen LogP contribution in [0.5, 0.6) is 0 Å². The summed E-state index contributed by atoms with van der Waals surface area (Å²) in [5, 5.41) is 3.70.